The molecule has 0 bridgehead atoms. The summed E-state index contributed by atoms with van der Waals surface area (Å²) >= 11 is 3.57. The molecule has 1 N–H and O–H groups in total. The first kappa shape index (κ1) is 18.0. The number of imidazole rings is 1. The summed E-state index contributed by atoms with van der Waals surface area (Å²) < 4.78 is 3.14. The van der Waals surface area contributed by atoms with Crippen molar-refractivity contribution in [3.8, 4) is 11.3 Å². The topological polar surface area (TPSA) is 29.3 Å². The number of nitrogens with one attached hydrogen (secondary N) is 1. The number of fused-ring (bicyclic) bond motifs is 1. The van der Waals surface area contributed by atoms with Crippen LogP contribution in [0.5, 0.6) is 0 Å². The van der Waals surface area contributed by atoms with Gasteiger partial charge in [-0.05, 0) is 59.8 Å². The molecule has 0 aliphatic carbocycles. The Kier molecular flexibility index (Phi) is 4.44. The van der Waals surface area contributed by atoms with E-state index in [1.807, 2.05) is 12.1 Å². The van der Waals surface area contributed by atoms with E-state index in [0.29, 0.717) is 0 Å². The van der Waals surface area contributed by atoms with Crippen molar-refractivity contribution in [2.24, 2.45) is 0 Å². The van der Waals surface area contributed by atoms with Gasteiger partial charge in [0.2, 0.25) is 0 Å². The zero-order chi connectivity index (χ0) is 18.4. The number of rotatable bonds is 2. The Morgan fingerprint density at radius 2 is 1.56 bits per heavy atom. The monoisotopic (exact) mass is 399 g/mol. The number of benzene rings is 1. The molecule has 0 fully saturated rings. The van der Waals surface area contributed by atoms with Crippen LogP contribution in [-0.4, -0.2) is 14.9 Å². The van der Waals surface area contributed by atoms with Gasteiger partial charge in [0.15, 0.2) is 0 Å². The normalized spacial score (nSPS) is 12.6. The smallest absolute Gasteiger partial charge is 0.139 e. The summed E-state index contributed by atoms with van der Waals surface area (Å²) in [7, 11) is 0. The van der Waals surface area contributed by atoms with E-state index < -0.39 is 0 Å². The second-order valence-electron chi connectivity index (χ2n) is 8.59. The number of hydrogen-bond donors (Lipinski definition) is 1. The van der Waals surface area contributed by atoms with Crippen LogP contribution in [0, 0.1) is 0 Å². The van der Waals surface area contributed by atoms with Gasteiger partial charge in [-0.25, -0.2) is 4.98 Å². The lowest BCUT2D eigenvalue weighted by Gasteiger charge is -2.23. The third kappa shape index (κ3) is 3.90. The maximum Gasteiger partial charge on any atom is 0.139 e. The van der Waals surface area contributed by atoms with Crippen LogP contribution < -0.4 is 5.32 Å². The Bertz CT molecular complexity index is 894. The quantitative estimate of drug-likeness (QED) is 0.549. The van der Waals surface area contributed by atoms with Gasteiger partial charge in [0.25, 0.3) is 0 Å². The predicted octanol–water partition coefficient (Wildman–Crippen LogP) is 6.27. The van der Waals surface area contributed by atoms with E-state index in [2.05, 4.69) is 97.7 Å². The number of halogens is 1. The minimum atomic E-state index is -0.0572. The summed E-state index contributed by atoms with van der Waals surface area (Å²) in [6.07, 6.45) is 2.06. The molecule has 0 saturated carbocycles. The number of nitrogens with zero attached hydrogens (tertiary/aromatic N) is 2. The molecule has 0 unspecified atom stereocenters. The highest BCUT2D eigenvalue weighted by atomic mass is 79.9. The molecule has 0 aliphatic rings. The molecule has 3 nitrogen and oxygen atoms in total. The Morgan fingerprint density at radius 1 is 0.920 bits per heavy atom. The molecule has 1 aromatic carbocycles. The lowest BCUT2D eigenvalue weighted by atomic mass is 9.86. The molecule has 0 saturated heterocycles. The van der Waals surface area contributed by atoms with Crippen molar-refractivity contribution in [3.05, 3.63) is 52.6 Å². The van der Waals surface area contributed by atoms with Gasteiger partial charge >= 0.3 is 0 Å². The predicted molar refractivity (Wildman–Crippen MR) is 110 cm³/mol. The second-order valence-corrected chi connectivity index (χ2v) is 9.50. The van der Waals surface area contributed by atoms with Crippen molar-refractivity contribution < 1.29 is 0 Å². The SMILES string of the molecule is CC(C)(C)Nc1c(-c2ccc(C(C)(C)C)cc2)nc2ccc(Br)cn12. The van der Waals surface area contributed by atoms with Gasteiger partial charge in [-0.1, -0.05) is 45.0 Å². The molecule has 3 rings (SSSR count). The van der Waals surface area contributed by atoms with Crippen LogP contribution in [0.15, 0.2) is 47.1 Å². The average Bonchev–Trinajstić information content (AvgIpc) is 2.83. The summed E-state index contributed by atoms with van der Waals surface area (Å²) in [5.41, 5.74) is 4.46. The number of aromatic nitrogens is 2. The van der Waals surface area contributed by atoms with Crippen molar-refractivity contribution in [1.29, 1.82) is 0 Å². The van der Waals surface area contributed by atoms with E-state index in [9.17, 15) is 0 Å². The van der Waals surface area contributed by atoms with Gasteiger partial charge in [-0.3, -0.25) is 4.40 Å². The zero-order valence-electron chi connectivity index (χ0n) is 15.8. The van der Waals surface area contributed by atoms with Gasteiger partial charge in [-0.15, -0.1) is 0 Å². The highest BCUT2D eigenvalue weighted by molar-refractivity contribution is 9.10. The highest BCUT2D eigenvalue weighted by Crippen LogP contribution is 2.33. The fraction of sp³-hybridized carbons (Fsp3) is 0.381. The van der Waals surface area contributed by atoms with Crippen LogP contribution in [-0.2, 0) is 5.41 Å². The first-order valence-electron chi connectivity index (χ1n) is 8.61. The van der Waals surface area contributed by atoms with Crippen LogP contribution in [0.1, 0.15) is 47.1 Å². The maximum absolute atomic E-state index is 4.88. The summed E-state index contributed by atoms with van der Waals surface area (Å²) in [6.45, 7) is 13.2. The van der Waals surface area contributed by atoms with Crippen molar-refractivity contribution in [1.82, 2.24) is 9.38 Å². The highest BCUT2D eigenvalue weighted by Gasteiger charge is 2.20. The molecule has 0 aliphatic heterocycles. The van der Waals surface area contributed by atoms with Crippen LogP contribution in [0.4, 0.5) is 5.82 Å². The lowest BCUT2D eigenvalue weighted by molar-refractivity contribution is 0.590. The van der Waals surface area contributed by atoms with Crippen molar-refractivity contribution in [2.75, 3.05) is 5.32 Å². The molecular weight excluding hydrogens is 374 g/mol. The summed E-state index contributed by atoms with van der Waals surface area (Å²) in [4.78, 5) is 4.88. The molecule has 0 amide bonds. The van der Waals surface area contributed by atoms with Gasteiger partial charge < -0.3 is 5.32 Å². The molecule has 4 heteroatoms. The van der Waals surface area contributed by atoms with Gasteiger partial charge in [0, 0.05) is 21.8 Å². The van der Waals surface area contributed by atoms with Crippen LogP contribution in [0.3, 0.4) is 0 Å². The van der Waals surface area contributed by atoms with Crippen LogP contribution >= 0.6 is 15.9 Å². The fourth-order valence-corrected chi connectivity index (χ4v) is 3.16. The largest absolute Gasteiger partial charge is 0.365 e. The lowest BCUT2D eigenvalue weighted by Crippen LogP contribution is -2.27. The Labute approximate surface area is 158 Å². The van der Waals surface area contributed by atoms with Crippen LogP contribution in [0.2, 0.25) is 0 Å². The van der Waals surface area contributed by atoms with Gasteiger partial charge in [-0.2, -0.15) is 0 Å². The van der Waals surface area contributed by atoms with E-state index >= 15 is 0 Å². The van der Waals surface area contributed by atoms with Crippen LogP contribution in [0.25, 0.3) is 16.9 Å². The first-order chi connectivity index (χ1) is 11.5. The molecule has 0 atom stereocenters. The molecular formula is C21H26BrN3. The molecule has 2 heterocycles. The molecule has 0 radical (unpaired) electrons. The first-order valence-corrected chi connectivity index (χ1v) is 9.41. The molecule has 2 aromatic heterocycles. The second kappa shape index (κ2) is 6.17. The van der Waals surface area contributed by atoms with E-state index in [4.69, 9.17) is 4.98 Å². The van der Waals surface area contributed by atoms with E-state index in [0.717, 1.165) is 27.2 Å². The Hall–Kier alpha value is -1.81. The van der Waals surface area contributed by atoms with Gasteiger partial charge in [0.1, 0.15) is 17.2 Å². The van der Waals surface area contributed by atoms with Gasteiger partial charge in [0.05, 0.1) is 0 Å². The summed E-state index contributed by atoms with van der Waals surface area (Å²) in [6, 6.07) is 12.8. The van der Waals surface area contributed by atoms with Crippen molar-refractivity contribution in [3.63, 3.8) is 0 Å². The average molecular weight is 400 g/mol. The third-order valence-electron chi connectivity index (χ3n) is 4.10. The molecule has 0 spiro atoms. The van der Waals surface area contributed by atoms with Crippen molar-refractivity contribution in [2.45, 2.75) is 52.5 Å². The van der Waals surface area contributed by atoms with E-state index in [1.165, 1.54) is 5.56 Å². The summed E-state index contributed by atoms with van der Waals surface area (Å²) in [5, 5.41) is 3.62. The minimum Gasteiger partial charge on any atom is -0.365 e. The standard InChI is InChI=1S/C21H26BrN3/c1-20(2,3)15-9-7-14(8-10-15)18-19(24-21(4,5)6)25-13-16(22)11-12-17(25)23-18/h7-13,24H,1-6H3. The van der Waals surface area contributed by atoms with E-state index in [-0.39, 0.29) is 11.0 Å². The minimum absolute atomic E-state index is 0.0572. The number of pyridine rings is 1. The Morgan fingerprint density at radius 3 is 2.12 bits per heavy atom. The Balaban J connectivity index is 2.16. The molecule has 132 valence electrons. The third-order valence-corrected chi connectivity index (χ3v) is 4.57. The number of hydrogen-bond acceptors (Lipinski definition) is 2. The maximum atomic E-state index is 4.88. The number of anilines is 1. The summed E-state index contributed by atoms with van der Waals surface area (Å²) in [5.74, 6) is 1.02. The zero-order valence-corrected chi connectivity index (χ0v) is 17.4. The molecule has 25 heavy (non-hydrogen) atoms. The fourth-order valence-electron chi connectivity index (χ4n) is 2.82. The van der Waals surface area contributed by atoms with E-state index in [1.54, 1.807) is 0 Å². The molecule has 3 aromatic rings. The van der Waals surface area contributed by atoms with Crippen molar-refractivity contribution >= 4 is 27.4 Å².